The number of fused-ring (bicyclic) bond motifs is 1. The molecule has 0 spiro atoms. The first-order chi connectivity index (χ1) is 10.2. The molecule has 1 amide bonds. The Labute approximate surface area is 127 Å². The first-order valence-electron chi connectivity index (χ1n) is 8.01. The second-order valence-electron chi connectivity index (χ2n) is 5.54. The molecule has 0 saturated heterocycles. The molecule has 0 fully saturated rings. The monoisotopic (exact) mass is 286 g/mol. The summed E-state index contributed by atoms with van der Waals surface area (Å²) in [5, 5.41) is 1.08. The fraction of sp³-hybridized carbons (Fsp3) is 0.500. The van der Waals surface area contributed by atoms with E-state index in [-0.39, 0.29) is 5.91 Å². The number of aryl methyl sites for hydroxylation is 1. The molecule has 0 atom stereocenters. The summed E-state index contributed by atoms with van der Waals surface area (Å²) in [6, 6.07) is 8.21. The summed E-state index contributed by atoms with van der Waals surface area (Å²) in [7, 11) is 2.06. The summed E-state index contributed by atoms with van der Waals surface area (Å²) in [4.78, 5) is 15.0. The lowest BCUT2D eigenvalue weighted by Crippen LogP contribution is -2.33. The zero-order chi connectivity index (χ0) is 15.4. The van der Waals surface area contributed by atoms with Crippen LogP contribution in [0.3, 0.4) is 0 Å². The van der Waals surface area contributed by atoms with Gasteiger partial charge in [0.1, 0.15) is 0 Å². The molecule has 3 heteroatoms. The molecule has 2 aromatic rings. The highest BCUT2D eigenvalue weighted by atomic mass is 16.2. The van der Waals surface area contributed by atoms with Gasteiger partial charge in [0.05, 0.1) is 5.56 Å². The van der Waals surface area contributed by atoms with Crippen molar-refractivity contribution in [1.29, 1.82) is 0 Å². The molecule has 0 aliphatic rings. The van der Waals surface area contributed by atoms with Crippen LogP contribution in [0.2, 0.25) is 0 Å². The number of carbonyl (C=O) groups is 1. The van der Waals surface area contributed by atoms with Gasteiger partial charge in [0.2, 0.25) is 0 Å². The predicted octanol–water partition coefficient (Wildman–Crippen LogP) is 4.00. The Kier molecular flexibility index (Phi) is 5.05. The van der Waals surface area contributed by atoms with E-state index < -0.39 is 0 Å². The van der Waals surface area contributed by atoms with Crippen molar-refractivity contribution >= 4 is 16.8 Å². The number of para-hydroxylation sites is 1. The maximum atomic E-state index is 13.0. The molecule has 0 bridgehead atoms. The zero-order valence-corrected chi connectivity index (χ0v) is 13.6. The van der Waals surface area contributed by atoms with Gasteiger partial charge in [-0.2, -0.15) is 0 Å². The molecule has 0 unspecified atom stereocenters. The Morgan fingerprint density at radius 1 is 1.10 bits per heavy atom. The van der Waals surface area contributed by atoms with E-state index in [0.29, 0.717) is 0 Å². The lowest BCUT2D eigenvalue weighted by molar-refractivity contribution is 0.0756. The van der Waals surface area contributed by atoms with Crippen molar-refractivity contribution in [2.24, 2.45) is 7.05 Å². The molecule has 0 saturated carbocycles. The van der Waals surface area contributed by atoms with Gasteiger partial charge in [-0.15, -0.1) is 0 Å². The van der Waals surface area contributed by atoms with E-state index in [2.05, 4.69) is 44.5 Å². The summed E-state index contributed by atoms with van der Waals surface area (Å²) in [5.41, 5.74) is 3.18. The maximum absolute atomic E-state index is 13.0. The van der Waals surface area contributed by atoms with Crippen molar-refractivity contribution in [2.75, 3.05) is 13.1 Å². The predicted molar refractivity (Wildman–Crippen MR) is 88.8 cm³/mol. The summed E-state index contributed by atoms with van der Waals surface area (Å²) >= 11 is 0. The second-order valence-corrected chi connectivity index (χ2v) is 5.54. The van der Waals surface area contributed by atoms with E-state index >= 15 is 0 Å². The Morgan fingerprint density at radius 2 is 1.71 bits per heavy atom. The van der Waals surface area contributed by atoms with Crippen molar-refractivity contribution in [2.45, 2.75) is 40.0 Å². The molecule has 2 rings (SSSR count). The Balaban J connectivity index is 2.56. The number of carbonyl (C=O) groups excluding carboxylic acids is 1. The zero-order valence-electron chi connectivity index (χ0n) is 13.6. The molecule has 0 aliphatic heterocycles. The highest BCUT2D eigenvalue weighted by Gasteiger charge is 2.23. The van der Waals surface area contributed by atoms with Gasteiger partial charge >= 0.3 is 0 Å². The fourth-order valence-electron chi connectivity index (χ4n) is 3.11. The highest BCUT2D eigenvalue weighted by Crippen LogP contribution is 2.27. The molecule has 114 valence electrons. The number of amides is 1. The minimum atomic E-state index is 0.187. The number of hydrogen-bond acceptors (Lipinski definition) is 1. The van der Waals surface area contributed by atoms with Gasteiger partial charge in [-0.1, -0.05) is 39.0 Å². The van der Waals surface area contributed by atoms with Crippen molar-refractivity contribution in [1.82, 2.24) is 9.47 Å². The van der Waals surface area contributed by atoms with Gasteiger partial charge < -0.3 is 9.47 Å². The molecule has 0 N–H and O–H groups in total. The molecule has 0 radical (unpaired) electrons. The third-order valence-electron chi connectivity index (χ3n) is 4.05. The van der Waals surface area contributed by atoms with Crippen molar-refractivity contribution < 1.29 is 4.79 Å². The van der Waals surface area contributed by atoms with Crippen LogP contribution >= 0.6 is 0 Å². The quantitative estimate of drug-likeness (QED) is 0.788. The highest BCUT2D eigenvalue weighted by molar-refractivity contribution is 6.08. The Morgan fingerprint density at radius 3 is 2.29 bits per heavy atom. The number of aromatic nitrogens is 1. The van der Waals surface area contributed by atoms with Crippen LogP contribution in [-0.4, -0.2) is 28.5 Å². The lowest BCUT2D eigenvalue weighted by Gasteiger charge is -2.22. The molecule has 3 nitrogen and oxygen atoms in total. The van der Waals surface area contributed by atoms with Gasteiger partial charge in [-0.05, 0) is 25.3 Å². The van der Waals surface area contributed by atoms with Crippen molar-refractivity contribution in [3.8, 4) is 0 Å². The van der Waals surface area contributed by atoms with Crippen LogP contribution in [0.4, 0.5) is 0 Å². The van der Waals surface area contributed by atoms with Gasteiger partial charge in [0.25, 0.3) is 5.91 Å². The topological polar surface area (TPSA) is 25.2 Å². The summed E-state index contributed by atoms with van der Waals surface area (Å²) in [6.07, 6.45) is 2.87. The number of nitrogens with zero attached hydrogens (tertiary/aromatic N) is 2. The number of rotatable bonds is 6. The van der Waals surface area contributed by atoms with Gasteiger partial charge in [-0.25, -0.2) is 0 Å². The van der Waals surface area contributed by atoms with Crippen LogP contribution < -0.4 is 0 Å². The van der Waals surface area contributed by atoms with Gasteiger partial charge in [0.15, 0.2) is 0 Å². The van der Waals surface area contributed by atoms with Crippen molar-refractivity contribution in [3.63, 3.8) is 0 Å². The van der Waals surface area contributed by atoms with E-state index in [9.17, 15) is 4.79 Å². The largest absolute Gasteiger partial charge is 0.347 e. The average molecular weight is 286 g/mol. The second kappa shape index (κ2) is 6.79. The first kappa shape index (κ1) is 15.6. The smallest absolute Gasteiger partial charge is 0.256 e. The Bertz CT molecular complexity index is 621. The minimum absolute atomic E-state index is 0.187. The SMILES string of the molecule is CCCN(CCC)C(=O)c1c(CC)n(C)c2ccccc12. The molecule has 1 aromatic heterocycles. The van der Waals surface area contributed by atoms with Crippen LogP contribution in [0.5, 0.6) is 0 Å². The van der Waals surface area contributed by atoms with Gasteiger partial charge in [0, 0.05) is 36.7 Å². The lowest BCUT2D eigenvalue weighted by atomic mass is 10.1. The van der Waals surface area contributed by atoms with E-state index in [4.69, 9.17) is 0 Å². The summed E-state index contributed by atoms with van der Waals surface area (Å²) < 4.78 is 2.17. The third kappa shape index (κ3) is 2.82. The van der Waals surface area contributed by atoms with Crippen LogP contribution in [0.15, 0.2) is 24.3 Å². The summed E-state index contributed by atoms with van der Waals surface area (Å²) in [5.74, 6) is 0.187. The fourth-order valence-corrected chi connectivity index (χ4v) is 3.11. The van der Waals surface area contributed by atoms with Crippen LogP contribution in [0.25, 0.3) is 10.9 Å². The van der Waals surface area contributed by atoms with Crippen LogP contribution in [-0.2, 0) is 13.5 Å². The van der Waals surface area contributed by atoms with E-state index in [1.807, 2.05) is 17.0 Å². The summed E-state index contributed by atoms with van der Waals surface area (Å²) in [6.45, 7) is 8.03. The van der Waals surface area contributed by atoms with Crippen LogP contribution in [0.1, 0.15) is 49.7 Å². The van der Waals surface area contributed by atoms with Crippen molar-refractivity contribution in [3.05, 3.63) is 35.5 Å². The van der Waals surface area contributed by atoms with E-state index in [1.54, 1.807) is 0 Å². The minimum Gasteiger partial charge on any atom is -0.347 e. The molecular weight excluding hydrogens is 260 g/mol. The van der Waals surface area contributed by atoms with Gasteiger partial charge in [-0.3, -0.25) is 4.79 Å². The molecule has 1 heterocycles. The standard InChI is InChI=1S/C18H26N2O/c1-5-12-20(13-6-2)18(21)17-14-10-8-9-11-16(14)19(4)15(17)7-3/h8-11H,5-7,12-13H2,1-4H3. The molecular formula is C18H26N2O. The molecule has 21 heavy (non-hydrogen) atoms. The molecule has 1 aromatic carbocycles. The third-order valence-corrected chi connectivity index (χ3v) is 4.05. The van der Waals surface area contributed by atoms with E-state index in [1.165, 1.54) is 0 Å². The van der Waals surface area contributed by atoms with Crippen LogP contribution in [0, 0.1) is 0 Å². The molecule has 0 aliphatic carbocycles. The first-order valence-corrected chi connectivity index (χ1v) is 8.01. The Hall–Kier alpha value is -1.77. The van der Waals surface area contributed by atoms with E-state index in [0.717, 1.165) is 54.5 Å². The number of benzene rings is 1. The average Bonchev–Trinajstić information content (AvgIpc) is 2.79. The normalized spacial score (nSPS) is 11.0. The maximum Gasteiger partial charge on any atom is 0.256 e. The number of hydrogen-bond donors (Lipinski definition) is 0.